The van der Waals surface area contributed by atoms with E-state index in [9.17, 15) is 9.59 Å². The van der Waals surface area contributed by atoms with Crippen LogP contribution >= 0.6 is 0 Å². The van der Waals surface area contributed by atoms with Crippen molar-refractivity contribution in [3.8, 4) is 0 Å². The van der Waals surface area contributed by atoms with E-state index >= 15 is 0 Å². The van der Waals surface area contributed by atoms with Crippen LogP contribution in [-0.4, -0.2) is 46.3 Å². The lowest BCUT2D eigenvalue weighted by atomic mass is 9.94. The van der Waals surface area contributed by atoms with E-state index in [0.717, 1.165) is 24.9 Å². The molecule has 1 atom stereocenters. The Bertz CT molecular complexity index is 555. The van der Waals surface area contributed by atoms with Gasteiger partial charge in [-0.1, -0.05) is 13.8 Å². The number of nitrogens with zero attached hydrogens (tertiary/aromatic N) is 3. The van der Waals surface area contributed by atoms with Crippen LogP contribution in [0.3, 0.4) is 0 Å². The van der Waals surface area contributed by atoms with Crippen molar-refractivity contribution in [1.29, 1.82) is 0 Å². The second kappa shape index (κ2) is 8.70. The lowest BCUT2D eigenvalue weighted by Crippen LogP contribution is -2.47. The summed E-state index contributed by atoms with van der Waals surface area (Å²) in [6.07, 6.45) is 6.06. The fourth-order valence-corrected chi connectivity index (χ4v) is 2.92. The van der Waals surface area contributed by atoms with E-state index in [1.807, 2.05) is 18.1 Å². The van der Waals surface area contributed by atoms with Gasteiger partial charge in [0, 0.05) is 51.4 Å². The van der Waals surface area contributed by atoms with E-state index in [4.69, 9.17) is 0 Å². The van der Waals surface area contributed by atoms with Crippen LogP contribution in [0.25, 0.3) is 0 Å². The van der Waals surface area contributed by atoms with Crippen LogP contribution in [-0.2, 0) is 18.4 Å². The first-order valence-corrected chi connectivity index (χ1v) is 8.71. The monoisotopic (exact) mass is 335 g/mol. The molecule has 2 heterocycles. The van der Waals surface area contributed by atoms with Crippen LogP contribution in [0.4, 0.5) is 4.79 Å². The van der Waals surface area contributed by atoms with Gasteiger partial charge in [-0.2, -0.15) is 5.10 Å². The second-order valence-electron chi connectivity index (χ2n) is 7.04. The highest BCUT2D eigenvalue weighted by molar-refractivity contribution is 5.77. The molecular formula is C17H29N5O2. The van der Waals surface area contributed by atoms with Crippen LogP contribution in [0.1, 0.15) is 38.7 Å². The molecule has 1 unspecified atom stereocenters. The lowest BCUT2D eigenvalue weighted by molar-refractivity contribution is -0.122. The summed E-state index contributed by atoms with van der Waals surface area (Å²) in [6, 6.07) is -0.0100. The van der Waals surface area contributed by atoms with E-state index in [1.54, 1.807) is 10.9 Å². The van der Waals surface area contributed by atoms with E-state index in [2.05, 4.69) is 29.6 Å². The van der Waals surface area contributed by atoms with E-state index in [-0.39, 0.29) is 17.9 Å². The van der Waals surface area contributed by atoms with Crippen molar-refractivity contribution in [1.82, 2.24) is 25.3 Å². The fraction of sp³-hybridized carbons (Fsp3) is 0.706. The summed E-state index contributed by atoms with van der Waals surface area (Å²) in [6.45, 7) is 6.77. The molecule has 1 aromatic rings. The van der Waals surface area contributed by atoms with Gasteiger partial charge >= 0.3 is 6.03 Å². The van der Waals surface area contributed by atoms with Gasteiger partial charge in [0.1, 0.15) is 0 Å². The zero-order chi connectivity index (χ0) is 17.5. The number of hydrogen-bond acceptors (Lipinski definition) is 3. The van der Waals surface area contributed by atoms with Gasteiger partial charge in [0.15, 0.2) is 0 Å². The van der Waals surface area contributed by atoms with Crippen molar-refractivity contribution < 1.29 is 9.59 Å². The third-order valence-electron chi connectivity index (χ3n) is 4.19. The maximum absolute atomic E-state index is 12.2. The fourth-order valence-electron chi connectivity index (χ4n) is 2.92. The minimum Gasteiger partial charge on any atom is -0.352 e. The maximum atomic E-state index is 12.2. The normalized spacial score (nSPS) is 17.8. The summed E-state index contributed by atoms with van der Waals surface area (Å²) in [5.41, 5.74) is 0.990. The van der Waals surface area contributed by atoms with Gasteiger partial charge in [0.2, 0.25) is 5.91 Å². The van der Waals surface area contributed by atoms with Crippen molar-refractivity contribution in [3.63, 3.8) is 0 Å². The number of aryl methyl sites for hydroxylation is 1. The van der Waals surface area contributed by atoms with Crippen LogP contribution in [0.2, 0.25) is 0 Å². The molecule has 1 saturated heterocycles. The van der Waals surface area contributed by atoms with Crippen molar-refractivity contribution in [2.24, 2.45) is 18.9 Å². The van der Waals surface area contributed by atoms with Crippen LogP contribution < -0.4 is 10.6 Å². The molecule has 0 aliphatic carbocycles. The zero-order valence-corrected chi connectivity index (χ0v) is 14.9. The quantitative estimate of drug-likeness (QED) is 0.827. The number of aromatic nitrogens is 2. The molecule has 1 aliphatic heterocycles. The number of nitrogens with one attached hydrogen (secondary N) is 2. The predicted molar refractivity (Wildman–Crippen MR) is 92.2 cm³/mol. The maximum Gasteiger partial charge on any atom is 0.317 e. The number of likely N-dealkylation sites (tertiary alicyclic amines) is 1. The summed E-state index contributed by atoms with van der Waals surface area (Å²) in [4.78, 5) is 26.1. The standard InChI is InChI=1S/C17H29N5O2/c1-13(2)8-19-17(24)22-6-4-5-14(12-22)7-16(23)18-9-15-10-20-21(3)11-15/h10-11,13-14H,4-9,12H2,1-3H3,(H,18,23)(H,19,24). The highest BCUT2D eigenvalue weighted by atomic mass is 16.2. The third kappa shape index (κ3) is 5.86. The Labute approximate surface area is 143 Å². The van der Waals surface area contributed by atoms with Crippen molar-refractivity contribution in [3.05, 3.63) is 18.0 Å². The summed E-state index contributed by atoms with van der Waals surface area (Å²) in [5.74, 6) is 0.707. The third-order valence-corrected chi connectivity index (χ3v) is 4.19. The number of hydrogen-bond donors (Lipinski definition) is 2. The smallest absolute Gasteiger partial charge is 0.317 e. The molecule has 0 aromatic carbocycles. The van der Waals surface area contributed by atoms with E-state index in [0.29, 0.717) is 32.0 Å². The Morgan fingerprint density at radius 3 is 2.83 bits per heavy atom. The van der Waals surface area contributed by atoms with Gasteiger partial charge in [-0.15, -0.1) is 0 Å². The summed E-state index contributed by atoms with van der Waals surface area (Å²) < 4.78 is 1.72. The predicted octanol–water partition coefficient (Wildman–Crippen LogP) is 1.50. The Hall–Kier alpha value is -2.05. The van der Waals surface area contributed by atoms with E-state index in [1.165, 1.54) is 0 Å². The SMILES string of the molecule is CC(C)CNC(=O)N1CCCC(CC(=O)NCc2cnn(C)c2)C1. The number of rotatable bonds is 6. The molecule has 1 aliphatic rings. The zero-order valence-electron chi connectivity index (χ0n) is 14.9. The van der Waals surface area contributed by atoms with Gasteiger partial charge in [0.25, 0.3) is 0 Å². The summed E-state index contributed by atoms with van der Waals surface area (Å²) >= 11 is 0. The molecule has 0 saturated carbocycles. The highest BCUT2D eigenvalue weighted by Gasteiger charge is 2.25. The Kier molecular flexibility index (Phi) is 6.63. The van der Waals surface area contributed by atoms with Gasteiger partial charge in [-0.25, -0.2) is 4.79 Å². The molecule has 2 N–H and O–H groups in total. The molecule has 1 aromatic heterocycles. The largest absolute Gasteiger partial charge is 0.352 e. The Balaban J connectivity index is 1.73. The van der Waals surface area contributed by atoms with Crippen LogP contribution in [0, 0.1) is 11.8 Å². The van der Waals surface area contributed by atoms with Gasteiger partial charge in [0.05, 0.1) is 6.20 Å². The summed E-state index contributed by atoms with van der Waals surface area (Å²) in [5, 5.41) is 9.97. The number of carbonyl (C=O) groups excluding carboxylic acids is 2. The summed E-state index contributed by atoms with van der Waals surface area (Å²) in [7, 11) is 1.85. The van der Waals surface area contributed by atoms with Crippen LogP contribution in [0.15, 0.2) is 12.4 Å². The molecule has 7 heteroatoms. The van der Waals surface area contributed by atoms with Gasteiger partial charge in [-0.05, 0) is 24.7 Å². The molecule has 24 heavy (non-hydrogen) atoms. The lowest BCUT2D eigenvalue weighted by Gasteiger charge is -2.32. The molecule has 0 bridgehead atoms. The average molecular weight is 335 g/mol. The molecule has 1 fully saturated rings. The molecule has 3 amide bonds. The first-order chi connectivity index (χ1) is 11.4. The molecule has 7 nitrogen and oxygen atoms in total. The first kappa shape index (κ1) is 18.3. The number of amides is 3. The Morgan fingerprint density at radius 2 is 2.17 bits per heavy atom. The molecule has 0 radical (unpaired) electrons. The topological polar surface area (TPSA) is 79.3 Å². The number of piperidine rings is 1. The van der Waals surface area contributed by atoms with Gasteiger partial charge < -0.3 is 15.5 Å². The number of urea groups is 1. The van der Waals surface area contributed by atoms with Crippen molar-refractivity contribution in [2.75, 3.05) is 19.6 Å². The molecular weight excluding hydrogens is 306 g/mol. The average Bonchev–Trinajstić information content (AvgIpc) is 2.96. The van der Waals surface area contributed by atoms with E-state index < -0.39 is 0 Å². The minimum absolute atomic E-state index is 0.0100. The second-order valence-corrected chi connectivity index (χ2v) is 7.04. The van der Waals surface area contributed by atoms with Crippen molar-refractivity contribution >= 4 is 11.9 Å². The van der Waals surface area contributed by atoms with Gasteiger partial charge in [-0.3, -0.25) is 9.48 Å². The van der Waals surface area contributed by atoms with Crippen molar-refractivity contribution in [2.45, 2.75) is 39.7 Å². The first-order valence-electron chi connectivity index (χ1n) is 8.71. The highest BCUT2D eigenvalue weighted by Crippen LogP contribution is 2.19. The number of carbonyl (C=O) groups is 2. The molecule has 0 spiro atoms. The Morgan fingerprint density at radius 1 is 1.38 bits per heavy atom. The van der Waals surface area contributed by atoms with Crippen LogP contribution in [0.5, 0.6) is 0 Å². The molecule has 2 rings (SSSR count). The molecule has 134 valence electrons. The minimum atomic E-state index is -0.0100.